The smallest absolute Gasteiger partial charge is 0.249 e. The minimum Gasteiger partial charge on any atom is -0.495 e. The molecule has 3 rings (SSSR count). The molecule has 0 atom stereocenters. The Morgan fingerprint density at radius 3 is 2.52 bits per heavy atom. The minimum atomic E-state index is 0.395. The molecule has 0 spiro atoms. The molecule has 6 heteroatoms. The van der Waals surface area contributed by atoms with Gasteiger partial charge in [-0.3, -0.25) is 0 Å². The number of anilines is 4. The largest absolute Gasteiger partial charge is 0.495 e. The minimum absolute atomic E-state index is 0.395. The topological polar surface area (TPSA) is 72.0 Å². The molecule has 0 aliphatic heterocycles. The van der Waals surface area contributed by atoms with Crippen LogP contribution in [0.3, 0.4) is 0 Å². The van der Waals surface area contributed by atoms with Crippen LogP contribution in [-0.4, -0.2) is 22.3 Å². The van der Waals surface area contributed by atoms with Crippen molar-refractivity contribution in [1.29, 1.82) is 0 Å². The van der Waals surface area contributed by atoms with Crippen LogP contribution in [0.2, 0.25) is 0 Å². The van der Waals surface area contributed by atoms with E-state index in [1.54, 1.807) is 13.3 Å². The maximum Gasteiger partial charge on any atom is 0.249 e. The van der Waals surface area contributed by atoms with Gasteiger partial charge < -0.3 is 15.4 Å². The first-order valence-electron chi connectivity index (χ1n) is 7.18. The molecule has 0 saturated heterocycles. The van der Waals surface area contributed by atoms with Gasteiger partial charge in [-0.15, -0.1) is 5.10 Å². The van der Waals surface area contributed by atoms with Crippen LogP contribution in [0, 0.1) is 6.92 Å². The summed E-state index contributed by atoms with van der Waals surface area (Å²) < 4.78 is 5.30. The molecule has 2 aromatic carbocycles. The molecule has 0 fully saturated rings. The molecule has 0 radical (unpaired) electrons. The lowest BCUT2D eigenvalue weighted by molar-refractivity contribution is 0.417. The Kier molecular flexibility index (Phi) is 4.33. The molecule has 0 bridgehead atoms. The zero-order valence-corrected chi connectivity index (χ0v) is 12.9. The van der Waals surface area contributed by atoms with Gasteiger partial charge in [0.25, 0.3) is 0 Å². The summed E-state index contributed by atoms with van der Waals surface area (Å²) in [6.45, 7) is 2.05. The van der Waals surface area contributed by atoms with E-state index in [4.69, 9.17) is 4.74 Å². The van der Waals surface area contributed by atoms with Crippen LogP contribution < -0.4 is 15.4 Å². The van der Waals surface area contributed by atoms with Crippen LogP contribution in [-0.2, 0) is 0 Å². The maximum absolute atomic E-state index is 5.30. The molecule has 23 heavy (non-hydrogen) atoms. The summed E-state index contributed by atoms with van der Waals surface area (Å²) in [5.74, 6) is 1.72. The lowest BCUT2D eigenvalue weighted by atomic mass is 10.2. The van der Waals surface area contributed by atoms with Crippen LogP contribution in [0.25, 0.3) is 0 Å². The van der Waals surface area contributed by atoms with Crippen molar-refractivity contribution >= 4 is 23.1 Å². The second kappa shape index (κ2) is 6.74. The number of aromatic nitrogens is 3. The molecule has 2 N–H and O–H groups in total. The molecule has 0 unspecified atom stereocenters. The number of nitrogens with one attached hydrogen (secondary N) is 2. The summed E-state index contributed by atoms with van der Waals surface area (Å²) in [6, 6.07) is 15.6. The molecule has 0 aliphatic carbocycles. The van der Waals surface area contributed by atoms with E-state index in [9.17, 15) is 0 Å². The van der Waals surface area contributed by atoms with Gasteiger partial charge in [-0.2, -0.15) is 10.1 Å². The lowest BCUT2D eigenvalue weighted by Crippen LogP contribution is -2.03. The Balaban J connectivity index is 1.78. The zero-order chi connectivity index (χ0) is 16.1. The van der Waals surface area contributed by atoms with Gasteiger partial charge >= 0.3 is 0 Å². The van der Waals surface area contributed by atoms with Crippen molar-refractivity contribution in [3.05, 3.63) is 60.3 Å². The summed E-state index contributed by atoms with van der Waals surface area (Å²) in [5.41, 5.74) is 2.93. The Morgan fingerprint density at radius 1 is 0.957 bits per heavy atom. The fourth-order valence-corrected chi connectivity index (χ4v) is 2.07. The van der Waals surface area contributed by atoms with E-state index in [2.05, 4.69) is 25.8 Å². The first kappa shape index (κ1) is 14.8. The fourth-order valence-electron chi connectivity index (χ4n) is 2.07. The van der Waals surface area contributed by atoms with E-state index in [-0.39, 0.29) is 0 Å². The SMILES string of the molecule is COc1ccccc1Nc1nncc(Nc2ccc(C)cc2)n1. The van der Waals surface area contributed by atoms with E-state index in [0.717, 1.165) is 11.4 Å². The van der Waals surface area contributed by atoms with E-state index in [1.165, 1.54) is 5.56 Å². The van der Waals surface area contributed by atoms with Gasteiger partial charge in [-0.05, 0) is 31.2 Å². The number of benzene rings is 2. The van der Waals surface area contributed by atoms with Crippen LogP contribution in [0.15, 0.2) is 54.7 Å². The highest BCUT2D eigenvalue weighted by atomic mass is 16.5. The molecule has 1 aromatic heterocycles. The molecule has 0 amide bonds. The van der Waals surface area contributed by atoms with Crippen molar-refractivity contribution in [3.8, 4) is 5.75 Å². The number of methoxy groups -OCH3 is 1. The summed E-state index contributed by atoms with van der Waals surface area (Å²) in [6.07, 6.45) is 1.58. The third-order valence-electron chi connectivity index (χ3n) is 3.24. The van der Waals surface area contributed by atoms with E-state index >= 15 is 0 Å². The van der Waals surface area contributed by atoms with Crippen molar-refractivity contribution in [2.75, 3.05) is 17.7 Å². The van der Waals surface area contributed by atoms with E-state index < -0.39 is 0 Å². The van der Waals surface area contributed by atoms with Gasteiger partial charge in [0, 0.05) is 5.69 Å². The monoisotopic (exact) mass is 307 g/mol. The average Bonchev–Trinajstić information content (AvgIpc) is 2.58. The predicted molar refractivity (Wildman–Crippen MR) is 90.6 cm³/mol. The molecule has 0 aliphatic rings. The summed E-state index contributed by atoms with van der Waals surface area (Å²) in [4.78, 5) is 4.41. The van der Waals surface area contributed by atoms with Crippen molar-refractivity contribution in [3.63, 3.8) is 0 Å². The molecular weight excluding hydrogens is 290 g/mol. The first-order chi connectivity index (χ1) is 11.2. The third kappa shape index (κ3) is 3.74. The van der Waals surface area contributed by atoms with Gasteiger partial charge in [0.1, 0.15) is 5.75 Å². The highest BCUT2D eigenvalue weighted by molar-refractivity contribution is 5.63. The van der Waals surface area contributed by atoms with Gasteiger partial charge in [-0.25, -0.2) is 0 Å². The second-order valence-corrected chi connectivity index (χ2v) is 4.98. The van der Waals surface area contributed by atoms with Gasteiger partial charge in [0.15, 0.2) is 5.82 Å². The standard InChI is InChI=1S/C17H17N5O/c1-12-7-9-13(10-8-12)19-16-11-18-22-17(21-16)20-14-5-3-4-6-15(14)23-2/h3-11H,1-2H3,(H2,19,20,21,22). The Morgan fingerprint density at radius 2 is 1.74 bits per heavy atom. The number of ether oxygens (including phenoxy) is 1. The van der Waals surface area contributed by atoms with Crippen LogP contribution in [0.1, 0.15) is 5.56 Å². The Labute approximate surface area is 134 Å². The molecule has 3 aromatic rings. The van der Waals surface area contributed by atoms with Crippen LogP contribution in [0.4, 0.5) is 23.1 Å². The number of rotatable bonds is 5. The van der Waals surface area contributed by atoms with Gasteiger partial charge in [0.05, 0.1) is 19.0 Å². The average molecular weight is 307 g/mol. The van der Waals surface area contributed by atoms with Crippen LogP contribution >= 0.6 is 0 Å². The molecule has 0 saturated carbocycles. The summed E-state index contributed by atoms with van der Waals surface area (Å²) in [7, 11) is 1.62. The highest BCUT2D eigenvalue weighted by Crippen LogP contribution is 2.25. The van der Waals surface area contributed by atoms with Crippen molar-refractivity contribution < 1.29 is 4.74 Å². The quantitative estimate of drug-likeness (QED) is 0.749. The maximum atomic E-state index is 5.30. The molecule has 1 heterocycles. The number of hydrogen-bond donors (Lipinski definition) is 2. The summed E-state index contributed by atoms with van der Waals surface area (Å²) >= 11 is 0. The van der Waals surface area contributed by atoms with E-state index in [1.807, 2.05) is 55.5 Å². The first-order valence-corrected chi connectivity index (χ1v) is 7.18. The highest BCUT2D eigenvalue weighted by Gasteiger charge is 2.05. The zero-order valence-electron chi connectivity index (χ0n) is 12.9. The number of hydrogen-bond acceptors (Lipinski definition) is 6. The van der Waals surface area contributed by atoms with Crippen molar-refractivity contribution in [2.45, 2.75) is 6.92 Å². The number of para-hydroxylation sites is 2. The number of nitrogens with zero attached hydrogens (tertiary/aromatic N) is 3. The van der Waals surface area contributed by atoms with E-state index in [0.29, 0.717) is 17.5 Å². The normalized spacial score (nSPS) is 10.2. The molecule has 116 valence electrons. The van der Waals surface area contributed by atoms with Gasteiger partial charge in [0.2, 0.25) is 5.95 Å². The van der Waals surface area contributed by atoms with Crippen LogP contribution in [0.5, 0.6) is 5.75 Å². The fraction of sp³-hybridized carbons (Fsp3) is 0.118. The molecular formula is C17H17N5O. The summed E-state index contributed by atoms with van der Waals surface area (Å²) in [5, 5.41) is 14.3. The lowest BCUT2D eigenvalue weighted by Gasteiger charge is -2.10. The van der Waals surface area contributed by atoms with Crippen molar-refractivity contribution in [2.24, 2.45) is 0 Å². The Bertz CT molecular complexity index is 789. The second-order valence-electron chi connectivity index (χ2n) is 4.98. The third-order valence-corrected chi connectivity index (χ3v) is 3.24. The number of aryl methyl sites for hydroxylation is 1. The Hall–Kier alpha value is -3.15. The molecule has 6 nitrogen and oxygen atoms in total. The van der Waals surface area contributed by atoms with Crippen molar-refractivity contribution in [1.82, 2.24) is 15.2 Å². The predicted octanol–water partition coefficient (Wildman–Crippen LogP) is 3.68. The van der Waals surface area contributed by atoms with Gasteiger partial charge in [-0.1, -0.05) is 29.8 Å².